The number of unbranched alkanes of at least 4 members (excludes halogenated alkanes) is 1. The normalized spacial score (nSPS) is 11.5. The molecule has 0 aromatic heterocycles. The maximum absolute atomic E-state index is 10.5. The summed E-state index contributed by atoms with van der Waals surface area (Å²) in [5.41, 5.74) is 2.19. The molecule has 0 radical (unpaired) electrons. The molecule has 96 valence electrons. The first-order chi connectivity index (χ1) is 7.88. The summed E-state index contributed by atoms with van der Waals surface area (Å²) in [5, 5.41) is 0. The fourth-order valence-electron chi connectivity index (χ4n) is 1.43. The molecule has 0 aliphatic carbocycles. The lowest BCUT2D eigenvalue weighted by Gasteiger charge is -2.09. The zero-order valence-corrected chi connectivity index (χ0v) is 11.0. The van der Waals surface area contributed by atoms with E-state index in [-0.39, 0.29) is 5.75 Å². The molecule has 0 saturated carbocycles. The molecule has 0 amide bonds. The molecule has 0 saturated heterocycles. The number of ether oxygens (including phenoxy) is 1. The Morgan fingerprint density at radius 1 is 1.24 bits per heavy atom. The minimum atomic E-state index is -3.84. The molecule has 1 rings (SSSR count). The molecule has 0 heterocycles. The van der Waals surface area contributed by atoms with Crippen LogP contribution in [0, 0.1) is 13.8 Å². The lowest BCUT2D eigenvalue weighted by Crippen LogP contribution is -2.06. The van der Waals surface area contributed by atoms with Crippen LogP contribution in [0.3, 0.4) is 0 Å². The summed E-state index contributed by atoms with van der Waals surface area (Å²) in [6.07, 6.45) is 1.01. The zero-order valence-electron chi connectivity index (χ0n) is 10.1. The fraction of sp³-hybridized carbons (Fsp3) is 0.500. The van der Waals surface area contributed by atoms with Crippen LogP contribution in [-0.4, -0.2) is 25.3 Å². The Kier molecular flexibility index (Phi) is 4.96. The van der Waals surface area contributed by atoms with Crippen LogP contribution in [0.1, 0.15) is 24.0 Å². The van der Waals surface area contributed by atoms with Crippen LogP contribution in [0.15, 0.2) is 18.2 Å². The molecule has 0 spiro atoms. The third kappa shape index (κ3) is 5.70. The van der Waals surface area contributed by atoms with E-state index in [9.17, 15) is 8.42 Å². The van der Waals surface area contributed by atoms with Crippen molar-refractivity contribution in [2.45, 2.75) is 26.7 Å². The summed E-state index contributed by atoms with van der Waals surface area (Å²) >= 11 is 0. The van der Waals surface area contributed by atoms with E-state index in [1.165, 1.54) is 0 Å². The van der Waals surface area contributed by atoms with Crippen LogP contribution in [0.2, 0.25) is 0 Å². The molecule has 0 atom stereocenters. The summed E-state index contributed by atoms with van der Waals surface area (Å²) in [7, 11) is -3.84. The van der Waals surface area contributed by atoms with Gasteiger partial charge in [-0.25, -0.2) is 0 Å². The van der Waals surface area contributed by atoms with Crippen molar-refractivity contribution < 1.29 is 17.7 Å². The van der Waals surface area contributed by atoms with Crippen LogP contribution in [-0.2, 0) is 10.1 Å². The SMILES string of the molecule is Cc1ccc(C)c(OCCCCS(=O)(=O)O)c1. The van der Waals surface area contributed by atoms with Gasteiger partial charge in [-0.2, -0.15) is 8.42 Å². The molecule has 17 heavy (non-hydrogen) atoms. The first kappa shape index (κ1) is 14.0. The first-order valence-corrected chi connectivity index (χ1v) is 7.14. The Labute approximate surface area is 102 Å². The van der Waals surface area contributed by atoms with Gasteiger partial charge in [-0.15, -0.1) is 0 Å². The Balaban J connectivity index is 2.34. The number of aryl methyl sites for hydroxylation is 2. The molecule has 0 bridgehead atoms. The number of benzene rings is 1. The average molecular weight is 258 g/mol. The number of rotatable bonds is 6. The van der Waals surface area contributed by atoms with Crippen LogP contribution in [0.5, 0.6) is 5.75 Å². The van der Waals surface area contributed by atoms with E-state index in [1.54, 1.807) is 0 Å². The highest BCUT2D eigenvalue weighted by Crippen LogP contribution is 2.19. The van der Waals surface area contributed by atoms with E-state index in [0.717, 1.165) is 16.9 Å². The molecular formula is C12H18O4S. The third-order valence-corrected chi connectivity index (χ3v) is 3.20. The highest BCUT2D eigenvalue weighted by atomic mass is 32.2. The Hall–Kier alpha value is -1.07. The summed E-state index contributed by atoms with van der Waals surface area (Å²) in [5.74, 6) is 0.625. The van der Waals surface area contributed by atoms with E-state index >= 15 is 0 Å². The van der Waals surface area contributed by atoms with Crippen molar-refractivity contribution >= 4 is 10.1 Å². The monoisotopic (exact) mass is 258 g/mol. The average Bonchev–Trinajstić information content (AvgIpc) is 2.21. The van der Waals surface area contributed by atoms with Crippen molar-refractivity contribution in [2.75, 3.05) is 12.4 Å². The van der Waals surface area contributed by atoms with Crippen molar-refractivity contribution in [2.24, 2.45) is 0 Å². The van der Waals surface area contributed by atoms with Gasteiger partial charge in [-0.3, -0.25) is 4.55 Å². The van der Waals surface area contributed by atoms with Gasteiger partial charge in [0.15, 0.2) is 0 Å². The van der Waals surface area contributed by atoms with Gasteiger partial charge < -0.3 is 4.74 Å². The minimum absolute atomic E-state index is 0.205. The highest BCUT2D eigenvalue weighted by Gasteiger charge is 2.04. The Morgan fingerprint density at radius 2 is 1.94 bits per heavy atom. The lowest BCUT2D eigenvalue weighted by atomic mass is 10.1. The van der Waals surface area contributed by atoms with E-state index in [1.807, 2.05) is 32.0 Å². The van der Waals surface area contributed by atoms with Gasteiger partial charge >= 0.3 is 0 Å². The van der Waals surface area contributed by atoms with Crippen LogP contribution < -0.4 is 4.74 Å². The summed E-state index contributed by atoms with van der Waals surface area (Å²) in [6, 6.07) is 5.96. The summed E-state index contributed by atoms with van der Waals surface area (Å²) < 4.78 is 35.1. The summed E-state index contributed by atoms with van der Waals surface area (Å²) in [6.45, 7) is 4.41. The van der Waals surface area contributed by atoms with E-state index in [0.29, 0.717) is 19.4 Å². The second kappa shape index (κ2) is 6.02. The van der Waals surface area contributed by atoms with Gasteiger partial charge in [0.05, 0.1) is 12.4 Å². The molecule has 0 aliphatic rings. The van der Waals surface area contributed by atoms with E-state index in [2.05, 4.69) is 0 Å². The second-order valence-electron chi connectivity index (χ2n) is 4.11. The predicted octanol–water partition coefficient (Wildman–Crippen LogP) is 2.35. The molecule has 5 heteroatoms. The maximum Gasteiger partial charge on any atom is 0.264 e. The Morgan fingerprint density at radius 3 is 2.59 bits per heavy atom. The summed E-state index contributed by atoms with van der Waals surface area (Å²) in [4.78, 5) is 0. The quantitative estimate of drug-likeness (QED) is 0.628. The predicted molar refractivity (Wildman–Crippen MR) is 67.1 cm³/mol. The van der Waals surface area contributed by atoms with Gasteiger partial charge in [-0.1, -0.05) is 12.1 Å². The fourth-order valence-corrected chi connectivity index (χ4v) is 2.00. The van der Waals surface area contributed by atoms with Gasteiger partial charge in [0.1, 0.15) is 5.75 Å². The van der Waals surface area contributed by atoms with E-state index < -0.39 is 10.1 Å². The second-order valence-corrected chi connectivity index (χ2v) is 5.68. The zero-order chi connectivity index (χ0) is 12.9. The highest BCUT2D eigenvalue weighted by molar-refractivity contribution is 7.85. The van der Waals surface area contributed by atoms with Crippen molar-refractivity contribution in [3.63, 3.8) is 0 Å². The van der Waals surface area contributed by atoms with Crippen LogP contribution in [0.4, 0.5) is 0 Å². The number of hydrogen-bond acceptors (Lipinski definition) is 3. The standard InChI is InChI=1S/C12H18O4S/c1-10-5-6-11(2)12(9-10)16-7-3-4-8-17(13,14)15/h5-6,9H,3-4,7-8H2,1-2H3,(H,13,14,15). The van der Waals surface area contributed by atoms with Crippen LogP contribution >= 0.6 is 0 Å². The first-order valence-electron chi connectivity index (χ1n) is 5.54. The largest absolute Gasteiger partial charge is 0.493 e. The smallest absolute Gasteiger partial charge is 0.264 e. The molecule has 1 aromatic carbocycles. The van der Waals surface area contributed by atoms with Gasteiger partial charge in [0.25, 0.3) is 10.1 Å². The molecular weight excluding hydrogens is 240 g/mol. The Bertz CT molecular complexity index is 465. The van der Waals surface area contributed by atoms with Crippen molar-refractivity contribution in [3.8, 4) is 5.75 Å². The third-order valence-electron chi connectivity index (χ3n) is 2.40. The van der Waals surface area contributed by atoms with Gasteiger partial charge in [-0.05, 0) is 43.9 Å². The molecule has 0 aliphatic heterocycles. The van der Waals surface area contributed by atoms with Crippen molar-refractivity contribution in [3.05, 3.63) is 29.3 Å². The molecule has 1 N–H and O–H groups in total. The maximum atomic E-state index is 10.5. The topological polar surface area (TPSA) is 63.6 Å². The molecule has 1 aromatic rings. The number of hydrogen-bond donors (Lipinski definition) is 1. The van der Waals surface area contributed by atoms with Crippen molar-refractivity contribution in [1.29, 1.82) is 0 Å². The van der Waals surface area contributed by atoms with Gasteiger partial charge in [0, 0.05) is 0 Å². The molecule has 0 fully saturated rings. The molecule has 4 nitrogen and oxygen atoms in total. The lowest BCUT2D eigenvalue weighted by molar-refractivity contribution is 0.307. The van der Waals surface area contributed by atoms with Gasteiger partial charge in [0.2, 0.25) is 0 Å². The van der Waals surface area contributed by atoms with E-state index in [4.69, 9.17) is 9.29 Å². The van der Waals surface area contributed by atoms with Crippen LogP contribution in [0.25, 0.3) is 0 Å². The minimum Gasteiger partial charge on any atom is -0.493 e. The van der Waals surface area contributed by atoms with Crippen molar-refractivity contribution in [1.82, 2.24) is 0 Å². The molecule has 0 unspecified atom stereocenters.